The lowest BCUT2D eigenvalue weighted by molar-refractivity contribution is 0.0697. The maximum absolute atomic E-state index is 6.07. The van der Waals surface area contributed by atoms with Crippen molar-refractivity contribution in [2.24, 2.45) is 0 Å². The molecule has 0 radical (unpaired) electrons. The highest BCUT2D eigenvalue weighted by molar-refractivity contribution is 7.80. The number of hydrogen-bond donors (Lipinski definition) is 2. The van der Waals surface area contributed by atoms with Crippen LogP contribution in [0.3, 0.4) is 0 Å². The van der Waals surface area contributed by atoms with Crippen molar-refractivity contribution in [2.75, 3.05) is 11.9 Å². The third-order valence-electron chi connectivity index (χ3n) is 4.16. The summed E-state index contributed by atoms with van der Waals surface area (Å²) < 4.78 is 11.6. The van der Waals surface area contributed by atoms with Crippen molar-refractivity contribution >= 4 is 23.0 Å². The van der Waals surface area contributed by atoms with E-state index in [4.69, 9.17) is 21.7 Å². The van der Waals surface area contributed by atoms with Gasteiger partial charge in [-0.2, -0.15) is 0 Å². The Bertz CT molecular complexity index is 787. The largest absolute Gasteiger partial charge is 0.490 e. The Morgan fingerprint density at radius 2 is 2.00 bits per heavy atom. The van der Waals surface area contributed by atoms with E-state index in [0.29, 0.717) is 11.7 Å². The minimum absolute atomic E-state index is 0.102. The lowest BCUT2D eigenvalue weighted by Crippen LogP contribution is -2.42. The molecule has 0 unspecified atom stereocenters. The van der Waals surface area contributed by atoms with Crippen molar-refractivity contribution in [2.45, 2.75) is 31.9 Å². The fraction of sp³-hybridized carbons (Fsp3) is 0.286. The summed E-state index contributed by atoms with van der Waals surface area (Å²) in [4.78, 5) is 0. The van der Waals surface area contributed by atoms with Crippen molar-refractivity contribution < 1.29 is 9.47 Å². The zero-order valence-corrected chi connectivity index (χ0v) is 15.9. The molecule has 1 heterocycles. The molecule has 0 spiro atoms. The first-order chi connectivity index (χ1) is 12.5. The first kappa shape index (κ1) is 18.3. The molecule has 1 atom stereocenters. The van der Waals surface area contributed by atoms with E-state index in [2.05, 4.69) is 37.1 Å². The van der Waals surface area contributed by atoms with Crippen molar-refractivity contribution in [3.8, 4) is 11.5 Å². The minimum Gasteiger partial charge on any atom is -0.490 e. The Morgan fingerprint density at radius 1 is 1.27 bits per heavy atom. The summed E-state index contributed by atoms with van der Waals surface area (Å²) in [5.41, 5.74) is 1.79. The maximum Gasteiger partial charge on any atom is 0.171 e. The Kier molecular flexibility index (Phi) is 5.47. The van der Waals surface area contributed by atoms with Crippen molar-refractivity contribution in [1.29, 1.82) is 0 Å². The van der Waals surface area contributed by atoms with Crippen LogP contribution in [0.15, 0.2) is 61.2 Å². The van der Waals surface area contributed by atoms with Crippen LogP contribution >= 0.6 is 12.2 Å². The number of thiocarbonyl (C=S) groups is 1. The van der Waals surface area contributed by atoms with Gasteiger partial charge in [-0.05, 0) is 56.4 Å². The Hall–Kier alpha value is -2.53. The number of anilines is 1. The highest BCUT2D eigenvalue weighted by Gasteiger charge is 2.33. The van der Waals surface area contributed by atoms with Gasteiger partial charge in [0, 0.05) is 17.7 Å². The van der Waals surface area contributed by atoms with Crippen LogP contribution in [-0.4, -0.2) is 17.3 Å². The molecular weight excluding hydrogens is 344 g/mol. The van der Waals surface area contributed by atoms with Crippen LogP contribution in [-0.2, 0) is 0 Å². The second-order valence-corrected chi connectivity index (χ2v) is 7.29. The van der Waals surface area contributed by atoms with Gasteiger partial charge in [-0.1, -0.05) is 30.9 Å². The molecule has 0 amide bonds. The van der Waals surface area contributed by atoms with E-state index in [9.17, 15) is 0 Å². The molecule has 0 saturated carbocycles. The van der Waals surface area contributed by atoms with Crippen molar-refractivity contribution in [3.63, 3.8) is 0 Å². The van der Waals surface area contributed by atoms with E-state index in [0.717, 1.165) is 29.2 Å². The summed E-state index contributed by atoms with van der Waals surface area (Å²) >= 11 is 5.52. The summed E-state index contributed by atoms with van der Waals surface area (Å²) in [6.07, 6.45) is 2.55. The van der Waals surface area contributed by atoms with Crippen LogP contribution in [0.5, 0.6) is 11.5 Å². The highest BCUT2D eigenvalue weighted by Crippen LogP contribution is 2.39. The Morgan fingerprint density at radius 3 is 2.73 bits per heavy atom. The van der Waals surface area contributed by atoms with E-state index in [1.54, 1.807) is 6.08 Å². The third-order valence-corrected chi connectivity index (χ3v) is 4.38. The second-order valence-electron chi connectivity index (χ2n) is 6.88. The van der Waals surface area contributed by atoms with E-state index < -0.39 is 0 Å². The predicted octanol–water partition coefficient (Wildman–Crippen LogP) is 4.84. The Labute approximate surface area is 160 Å². The Balaban J connectivity index is 1.65. The van der Waals surface area contributed by atoms with Gasteiger partial charge in [-0.15, -0.1) is 0 Å². The van der Waals surface area contributed by atoms with E-state index >= 15 is 0 Å². The molecule has 2 aromatic rings. The monoisotopic (exact) mass is 368 g/mol. The smallest absolute Gasteiger partial charge is 0.171 e. The van der Waals surface area contributed by atoms with Crippen LogP contribution in [0.2, 0.25) is 0 Å². The average molecular weight is 369 g/mol. The molecule has 0 fully saturated rings. The van der Waals surface area contributed by atoms with Gasteiger partial charge >= 0.3 is 0 Å². The zero-order chi connectivity index (χ0) is 18.6. The lowest BCUT2D eigenvalue weighted by Gasteiger charge is -2.38. The van der Waals surface area contributed by atoms with Crippen LogP contribution in [0.4, 0.5) is 5.69 Å². The van der Waals surface area contributed by atoms with Crippen molar-refractivity contribution in [1.82, 2.24) is 5.32 Å². The van der Waals surface area contributed by atoms with Crippen LogP contribution < -0.4 is 20.1 Å². The summed E-state index contributed by atoms with van der Waals surface area (Å²) in [6, 6.07) is 15.9. The van der Waals surface area contributed by atoms with E-state index in [1.807, 2.05) is 42.5 Å². The fourth-order valence-corrected chi connectivity index (χ4v) is 3.31. The molecule has 1 aliphatic heterocycles. The second kappa shape index (κ2) is 7.79. The quantitative estimate of drug-likeness (QED) is 0.584. The van der Waals surface area contributed by atoms with Gasteiger partial charge in [-0.25, -0.2) is 0 Å². The van der Waals surface area contributed by atoms with Crippen LogP contribution in [0.25, 0.3) is 0 Å². The number of hydrogen-bond acceptors (Lipinski definition) is 3. The van der Waals surface area contributed by atoms with Crippen molar-refractivity contribution in [3.05, 3.63) is 66.7 Å². The molecule has 4 nitrogen and oxygen atoms in total. The number of fused-ring (bicyclic) bond motifs is 1. The molecule has 2 aromatic carbocycles. The molecule has 0 bridgehead atoms. The average Bonchev–Trinajstić information content (AvgIpc) is 2.60. The van der Waals surface area contributed by atoms with Gasteiger partial charge in [0.1, 0.15) is 23.7 Å². The van der Waals surface area contributed by atoms with Gasteiger partial charge < -0.3 is 20.1 Å². The topological polar surface area (TPSA) is 42.5 Å². The summed E-state index contributed by atoms with van der Waals surface area (Å²) in [6.45, 7) is 8.32. The number of benzene rings is 2. The summed E-state index contributed by atoms with van der Waals surface area (Å²) in [5.74, 6) is 1.71. The SMILES string of the molecule is C=CCOc1ccc(NC(=S)N[C@H]2CC(C)(C)Oc3ccccc32)cc1. The fourth-order valence-electron chi connectivity index (χ4n) is 3.05. The van der Waals surface area contributed by atoms with Gasteiger partial charge in [0.2, 0.25) is 0 Å². The molecule has 5 heteroatoms. The third kappa shape index (κ3) is 4.55. The predicted molar refractivity (Wildman–Crippen MR) is 110 cm³/mol. The van der Waals surface area contributed by atoms with Crippen LogP contribution in [0, 0.1) is 0 Å². The zero-order valence-electron chi connectivity index (χ0n) is 15.1. The molecule has 0 aromatic heterocycles. The van der Waals surface area contributed by atoms with Gasteiger partial charge in [0.25, 0.3) is 0 Å². The minimum atomic E-state index is -0.244. The molecule has 3 rings (SSSR count). The lowest BCUT2D eigenvalue weighted by atomic mass is 9.90. The number of para-hydroxylation sites is 1. The molecule has 2 N–H and O–H groups in total. The van der Waals surface area contributed by atoms with E-state index in [-0.39, 0.29) is 11.6 Å². The molecule has 136 valence electrons. The van der Waals surface area contributed by atoms with E-state index in [1.165, 1.54) is 0 Å². The standard InChI is InChI=1S/C21H24N2O2S/c1-4-13-24-16-11-9-15(10-12-16)22-20(26)23-18-14-21(2,3)25-19-8-6-5-7-17(18)19/h4-12,18H,1,13-14H2,2-3H3,(H2,22,23,26)/t18-/m0/s1. The van der Waals surface area contributed by atoms with Crippen LogP contribution in [0.1, 0.15) is 31.9 Å². The molecule has 0 saturated heterocycles. The highest BCUT2D eigenvalue weighted by atomic mass is 32.1. The normalized spacial score (nSPS) is 17.4. The summed E-state index contributed by atoms with van der Waals surface area (Å²) in [5, 5.41) is 7.24. The molecule has 0 aliphatic carbocycles. The van der Waals surface area contributed by atoms with Gasteiger partial charge in [-0.3, -0.25) is 0 Å². The number of nitrogens with one attached hydrogen (secondary N) is 2. The van der Waals surface area contributed by atoms with Gasteiger partial charge in [0.05, 0.1) is 6.04 Å². The first-order valence-corrected chi connectivity index (χ1v) is 9.07. The maximum atomic E-state index is 6.07. The van der Waals surface area contributed by atoms with Gasteiger partial charge in [0.15, 0.2) is 5.11 Å². The summed E-state index contributed by atoms with van der Waals surface area (Å²) in [7, 11) is 0. The number of ether oxygens (including phenoxy) is 2. The molecule has 1 aliphatic rings. The molecule has 26 heavy (non-hydrogen) atoms. The first-order valence-electron chi connectivity index (χ1n) is 8.66. The number of rotatable bonds is 5. The molecular formula is C21H24N2O2S.